The van der Waals surface area contributed by atoms with Gasteiger partial charge in [-0.2, -0.15) is 5.10 Å². The van der Waals surface area contributed by atoms with Crippen molar-refractivity contribution in [1.29, 1.82) is 0 Å². The fourth-order valence-corrected chi connectivity index (χ4v) is 1.31. The lowest BCUT2D eigenvalue weighted by atomic mass is 10.1. The quantitative estimate of drug-likeness (QED) is 0.688. The van der Waals surface area contributed by atoms with Crippen molar-refractivity contribution in [3.8, 4) is 0 Å². The van der Waals surface area contributed by atoms with Crippen LogP contribution in [0, 0.1) is 6.92 Å². The summed E-state index contributed by atoms with van der Waals surface area (Å²) in [4.78, 5) is 0. The molecule has 0 bridgehead atoms. The highest BCUT2D eigenvalue weighted by atomic mass is 15.3. The van der Waals surface area contributed by atoms with Gasteiger partial charge >= 0.3 is 0 Å². The van der Waals surface area contributed by atoms with Crippen LogP contribution in [0.2, 0.25) is 0 Å². The van der Waals surface area contributed by atoms with E-state index in [0.29, 0.717) is 0 Å². The molecule has 0 radical (unpaired) electrons. The molecule has 1 aromatic heterocycles. The van der Waals surface area contributed by atoms with Gasteiger partial charge in [-0.15, -0.1) is 0 Å². The zero-order chi connectivity index (χ0) is 9.30. The molecule has 0 fully saturated rings. The third-order valence-electron chi connectivity index (χ3n) is 2.09. The molecule has 3 heteroatoms. The van der Waals surface area contributed by atoms with Gasteiger partial charge < -0.3 is 5.73 Å². The first-order valence-electron chi connectivity index (χ1n) is 4.00. The van der Waals surface area contributed by atoms with Crippen molar-refractivity contribution in [2.24, 2.45) is 7.05 Å². The number of nitrogens with two attached hydrogens (primary N) is 1. The molecule has 0 aromatic carbocycles. The molecule has 0 saturated carbocycles. The van der Waals surface area contributed by atoms with Crippen molar-refractivity contribution in [2.75, 3.05) is 5.73 Å². The number of nitrogens with zero attached hydrogens (tertiary/aromatic N) is 2. The standard InChI is InChI=1S/C9H15N3/c1-5-6(2)8-7(3)11-12(4)9(8)10/h5H,10H2,1-4H3. The van der Waals surface area contributed by atoms with Gasteiger partial charge in [0.25, 0.3) is 0 Å². The van der Waals surface area contributed by atoms with Crippen molar-refractivity contribution in [2.45, 2.75) is 20.8 Å². The summed E-state index contributed by atoms with van der Waals surface area (Å²) in [5.41, 5.74) is 9.08. The van der Waals surface area contributed by atoms with E-state index in [0.717, 1.165) is 17.1 Å². The summed E-state index contributed by atoms with van der Waals surface area (Å²) >= 11 is 0. The van der Waals surface area contributed by atoms with Crippen molar-refractivity contribution in [3.63, 3.8) is 0 Å². The number of aromatic nitrogens is 2. The van der Waals surface area contributed by atoms with Gasteiger partial charge in [0.1, 0.15) is 5.82 Å². The molecule has 3 nitrogen and oxygen atoms in total. The number of rotatable bonds is 1. The van der Waals surface area contributed by atoms with Crippen molar-refractivity contribution >= 4 is 11.4 Å². The number of aryl methyl sites for hydroxylation is 2. The van der Waals surface area contributed by atoms with E-state index in [1.165, 1.54) is 5.57 Å². The molecule has 1 rings (SSSR count). The summed E-state index contributed by atoms with van der Waals surface area (Å²) in [5.74, 6) is 0.739. The Morgan fingerprint density at radius 2 is 2.17 bits per heavy atom. The predicted molar refractivity (Wildman–Crippen MR) is 51.7 cm³/mol. The van der Waals surface area contributed by atoms with E-state index in [2.05, 4.69) is 5.10 Å². The fraction of sp³-hybridized carbons (Fsp3) is 0.444. The fourth-order valence-electron chi connectivity index (χ4n) is 1.31. The Bertz CT molecular complexity index is 321. The van der Waals surface area contributed by atoms with E-state index < -0.39 is 0 Å². The molecule has 66 valence electrons. The molecule has 0 spiro atoms. The zero-order valence-corrected chi connectivity index (χ0v) is 8.05. The molecule has 1 heterocycles. The Morgan fingerprint density at radius 1 is 1.58 bits per heavy atom. The minimum Gasteiger partial charge on any atom is -0.383 e. The highest BCUT2D eigenvalue weighted by Crippen LogP contribution is 2.23. The summed E-state index contributed by atoms with van der Waals surface area (Å²) in [6.45, 7) is 6.01. The topological polar surface area (TPSA) is 43.8 Å². The summed E-state index contributed by atoms with van der Waals surface area (Å²) in [5, 5.41) is 4.23. The number of allylic oxidation sites excluding steroid dienone is 2. The average molecular weight is 165 g/mol. The average Bonchev–Trinajstić information content (AvgIpc) is 2.26. The van der Waals surface area contributed by atoms with E-state index in [1.54, 1.807) is 4.68 Å². The van der Waals surface area contributed by atoms with E-state index in [4.69, 9.17) is 5.73 Å². The molecule has 0 aliphatic carbocycles. The lowest BCUT2D eigenvalue weighted by Gasteiger charge is -1.99. The Kier molecular flexibility index (Phi) is 2.22. The lowest BCUT2D eigenvalue weighted by molar-refractivity contribution is 0.767. The van der Waals surface area contributed by atoms with Gasteiger partial charge in [-0.3, -0.25) is 4.68 Å². The van der Waals surface area contributed by atoms with Gasteiger partial charge in [0, 0.05) is 12.6 Å². The maximum Gasteiger partial charge on any atom is 0.129 e. The highest BCUT2D eigenvalue weighted by Gasteiger charge is 2.10. The van der Waals surface area contributed by atoms with Crippen molar-refractivity contribution in [1.82, 2.24) is 9.78 Å². The van der Waals surface area contributed by atoms with Crippen LogP contribution in [0.3, 0.4) is 0 Å². The van der Waals surface area contributed by atoms with E-state index in [-0.39, 0.29) is 0 Å². The number of anilines is 1. The summed E-state index contributed by atoms with van der Waals surface area (Å²) in [6, 6.07) is 0. The molecule has 12 heavy (non-hydrogen) atoms. The van der Waals surface area contributed by atoms with Crippen LogP contribution in [0.5, 0.6) is 0 Å². The maximum atomic E-state index is 5.84. The Labute approximate surface area is 72.9 Å². The van der Waals surface area contributed by atoms with Crippen LogP contribution in [0.4, 0.5) is 5.82 Å². The molecular weight excluding hydrogens is 150 g/mol. The third-order valence-corrected chi connectivity index (χ3v) is 2.09. The Hall–Kier alpha value is -1.25. The maximum absolute atomic E-state index is 5.84. The number of nitrogen functional groups attached to an aromatic ring is 1. The van der Waals surface area contributed by atoms with Gasteiger partial charge in [-0.1, -0.05) is 6.08 Å². The van der Waals surface area contributed by atoms with E-state index >= 15 is 0 Å². The van der Waals surface area contributed by atoms with Crippen molar-refractivity contribution < 1.29 is 0 Å². The summed E-state index contributed by atoms with van der Waals surface area (Å²) in [7, 11) is 1.86. The molecule has 0 atom stereocenters. The molecule has 1 aromatic rings. The second kappa shape index (κ2) is 3.01. The predicted octanol–water partition coefficient (Wildman–Crippen LogP) is 1.73. The Balaban J connectivity index is 3.32. The summed E-state index contributed by atoms with van der Waals surface area (Å²) in [6.07, 6.45) is 2.04. The first-order valence-corrected chi connectivity index (χ1v) is 4.00. The van der Waals surface area contributed by atoms with Gasteiger partial charge in [-0.25, -0.2) is 0 Å². The molecule has 0 unspecified atom stereocenters. The molecule has 0 saturated heterocycles. The third kappa shape index (κ3) is 1.22. The number of hydrogen-bond donors (Lipinski definition) is 1. The smallest absolute Gasteiger partial charge is 0.129 e. The lowest BCUT2D eigenvalue weighted by Crippen LogP contribution is -1.98. The van der Waals surface area contributed by atoms with Crippen LogP contribution >= 0.6 is 0 Å². The minimum absolute atomic E-state index is 0.739. The van der Waals surface area contributed by atoms with Crippen LogP contribution in [-0.2, 0) is 7.05 Å². The minimum atomic E-state index is 0.739. The van der Waals surface area contributed by atoms with Gasteiger partial charge in [0.05, 0.1) is 5.69 Å². The second-order valence-corrected chi connectivity index (χ2v) is 2.94. The largest absolute Gasteiger partial charge is 0.383 e. The molecule has 0 amide bonds. The molecule has 2 N–H and O–H groups in total. The van der Waals surface area contributed by atoms with Gasteiger partial charge in [0.15, 0.2) is 0 Å². The molecule has 0 aliphatic rings. The first kappa shape index (κ1) is 8.84. The van der Waals surface area contributed by atoms with Crippen LogP contribution in [0.15, 0.2) is 6.08 Å². The summed E-state index contributed by atoms with van der Waals surface area (Å²) < 4.78 is 1.71. The van der Waals surface area contributed by atoms with Crippen LogP contribution in [0.25, 0.3) is 5.57 Å². The van der Waals surface area contributed by atoms with Crippen LogP contribution in [0.1, 0.15) is 25.1 Å². The second-order valence-electron chi connectivity index (χ2n) is 2.94. The highest BCUT2D eigenvalue weighted by molar-refractivity contribution is 5.73. The SMILES string of the molecule is CC=C(C)c1c(C)nn(C)c1N. The monoisotopic (exact) mass is 165 g/mol. The normalized spacial score (nSPS) is 12.2. The molecular formula is C9H15N3. The Morgan fingerprint density at radius 3 is 2.50 bits per heavy atom. The number of hydrogen-bond acceptors (Lipinski definition) is 2. The first-order chi connectivity index (χ1) is 5.57. The van der Waals surface area contributed by atoms with Gasteiger partial charge in [-0.05, 0) is 26.3 Å². The molecule has 0 aliphatic heterocycles. The van der Waals surface area contributed by atoms with Crippen molar-refractivity contribution in [3.05, 3.63) is 17.3 Å². The van der Waals surface area contributed by atoms with E-state index in [1.807, 2.05) is 33.9 Å². The zero-order valence-electron chi connectivity index (χ0n) is 8.05. The van der Waals surface area contributed by atoms with Crippen LogP contribution < -0.4 is 5.73 Å². The van der Waals surface area contributed by atoms with E-state index in [9.17, 15) is 0 Å². The van der Waals surface area contributed by atoms with Gasteiger partial charge in [0.2, 0.25) is 0 Å². The van der Waals surface area contributed by atoms with Crippen LogP contribution in [-0.4, -0.2) is 9.78 Å².